The van der Waals surface area contributed by atoms with Crippen molar-refractivity contribution in [1.29, 1.82) is 0 Å². The molecule has 0 spiro atoms. The van der Waals surface area contributed by atoms with Crippen molar-refractivity contribution in [2.45, 2.75) is 52.2 Å². The quantitative estimate of drug-likeness (QED) is 0.125. The number of aromatic amines is 1. The summed E-state index contributed by atoms with van der Waals surface area (Å²) >= 11 is 0. The molecule has 16 heteroatoms. The molecule has 0 radical (unpaired) electrons. The Labute approximate surface area is 270 Å². The molecular formula is C31H41N5O11. The summed E-state index contributed by atoms with van der Waals surface area (Å²) in [5.74, 6) is -3.43. The minimum absolute atomic E-state index is 0.0266. The van der Waals surface area contributed by atoms with Gasteiger partial charge in [0, 0.05) is 18.8 Å². The molecule has 256 valence electrons. The summed E-state index contributed by atoms with van der Waals surface area (Å²) in [6.45, 7) is 7.13. The highest BCUT2D eigenvalue weighted by Crippen LogP contribution is 2.39. The highest BCUT2D eigenvalue weighted by Gasteiger charge is 2.49. The van der Waals surface area contributed by atoms with E-state index in [-0.39, 0.29) is 55.2 Å². The lowest BCUT2D eigenvalue weighted by atomic mass is 9.94. The van der Waals surface area contributed by atoms with Gasteiger partial charge in [0.15, 0.2) is 23.5 Å². The molecule has 4 atom stereocenters. The van der Waals surface area contributed by atoms with Gasteiger partial charge in [-0.3, -0.25) is 34.0 Å². The number of nitrogens with one attached hydrogen (secondary N) is 2. The van der Waals surface area contributed by atoms with Crippen LogP contribution in [0.5, 0.6) is 0 Å². The maximum atomic E-state index is 12.7. The highest BCUT2D eigenvalue weighted by atomic mass is 16.6. The number of hydrogen-bond acceptors (Lipinski definition) is 12. The Bertz CT molecular complexity index is 1530. The van der Waals surface area contributed by atoms with E-state index in [0.29, 0.717) is 33.0 Å². The lowest BCUT2D eigenvalue weighted by Crippen LogP contribution is -2.34. The number of nitrogens with zero attached hydrogens (tertiary/aromatic N) is 3. The third kappa shape index (κ3) is 10.4. The molecule has 1 saturated heterocycles. The molecule has 4 rings (SSSR count). The van der Waals surface area contributed by atoms with Crippen molar-refractivity contribution in [2.24, 2.45) is 11.8 Å². The number of imidazole rings is 1. The number of anilines is 1. The lowest BCUT2D eigenvalue weighted by Gasteiger charge is -2.23. The van der Waals surface area contributed by atoms with E-state index in [9.17, 15) is 24.3 Å². The highest BCUT2D eigenvalue weighted by molar-refractivity contribution is 5.91. The van der Waals surface area contributed by atoms with Gasteiger partial charge in [0.2, 0.25) is 11.9 Å². The normalized spacial score (nSPS) is 19.3. The second-order valence-electron chi connectivity index (χ2n) is 11.1. The Morgan fingerprint density at radius 2 is 1.68 bits per heavy atom. The van der Waals surface area contributed by atoms with Crippen LogP contribution in [0.15, 0.2) is 41.5 Å². The van der Waals surface area contributed by atoms with Gasteiger partial charge in [0.05, 0.1) is 71.7 Å². The number of esters is 1. The molecule has 1 aliphatic rings. The number of ether oxygens (including phenoxy) is 6. The molecule has 3 aromatic rings. The van der Waals surface area contributed by atoms with E-state index in [1.54, 1.807) is 13.8 Å². The van der Waals surface area contributed by atoms with Crippen LogP contribution in [-0.2, 0) is 49.4 Å². The van der Waals surface area contributed by atoms with Crippen LogP contribution < -0.4 is 10.9 Å². The van der Waals surface area contributed by atoms with Gasteiger partial charge in [0.1, 0.15) is 0 Å². The summed E-state index contributed by atoms with van der Waals surface area (Å²) in [4.78, 5) is 59.8. The molecule has 0 saturated carbocycles. The summed E-state index contributed by atoms with van der Waals surface area (Å²) in [6, 6.07) is 9.86. The Hall–Kier alpha value is -4.22. The molecule has 3 heterocycles. The summed E-state index contributed by atoms with van der Waals surface area (Å²) in [5, 5.41) is 12.2. The Balaban J connectivity index is 1.31. The Morgan fingerprint density at radius 1 is 1.02 bits per heavy atom. The molecule has 1 fully saturated rings. The lowest BCUT2D eigenvalue weighted by molar-refractivity contribution is -0.155. The monoisotopic (exact) mass is 659 g/mol. The predicted octanol–water partition coefficient (Wildman–Crippen LogP) is 1.90. The SMILES string of the molecule is CC(=O)O[C@@H]1[C@H](CC(=O)O)[C@H](COCCOCCOCCOCc2ccccc2)O[C@H]1n1cnc2c(=O)[nH]c(NC(=O)C(C)C)nc21. The zero-order chi connectivity index (χ0) is 33.8. The fraction of sp³-hybridized carbons (Fsp3) is 0.548. The van der Waals surface area contributed by atoms with Crippen LogP contribution in [0.2, 0.25) is 0 Å². The molecule has 1 aromatic carbocycles. The second kappa shape index (κ2) is 17.6. The fourth-order valence-corrected chi connectivity index (χ4v) is 4.91. The first-order valence-corrected chi connectivity index (χ1v) is 15.3. The number of fused-ring (bicyclic) bond motifs is 1. The van der Waals surface area contributed by atoms with Gasteiger partial charge in [0.25, 0.3) is 5.56 Å². The van der Waals surface area contributed by atoms with Crippen LogP contribution in [0.1, 0.15) is 39.0 Å². The average Bonchev–Trinajstić information content (AvgIpc) is 3.59. The van der Waals surface area contributed by atoms with E-state index >= 15 is 0 Å². The number of rotatable bonds is 19. The van der Waals surface area contributed by atoms with Crippen molar-refractivity contribution in [3.63, 3.8) is 0 Å². The van der Waals surface area contributed by atoms with E-state index in [4.69, 9.17) is 28.4 Å². The Kier molecular flexibility index (Phi) is 13.4. The maximum Gasteiger partial charge on any atom is 0.303 e. The van der Waals surface area contributed by atoms with Gasteiger partial charge in [-0.25, -0.2) is 4.98 Å². The minimum Gasteiger partial charge on any atom is -0.481 e. The number of carboxylic acids is 1. The van der Waals surface area contributed by atoms with Gasteiger partial charge < -0.3 is 33.5 Å². The number of aliphatic carboxylic acids is 1. The molecule has 1 aliphatic heterocycles. The molecule has 47 heavy (non-hydrogen) atoms. The number of H-pyrrole nitrogens is 1. The standard InChI is InChI=1S/C31H41N5O11/c1-19(2)28(40)34-31-33-27-25(29(41)35-31)32-18-36(27)30-26(46-20(3)37)22(15-24(38)39)23(47-30)17-45-14-12-43-10-9-42-11-13-44-16-21-7-5-4-6-8-21/h4-8,18-19,22-23,26,30H,9-17H2,1-3H3,(H,38,39)(H2,33,34,35,40,41)/t22-,23+,26-,30-/m1/s1. The van der Waals surface area contributed by atoms with Crippen LogP contribution in [0, 0.1) is 11.8 Å². The van der Waals surface area contributed by atoms with Gasteiger partial charge in [-0.05, 0) is 5.56 Å². The van der Waals surface area contributed by atoms with Crippen molar-refractivity contribution >= 4 is 35.0 Å². The van der Waals surface area contributed by atoms with Gasteiger partial charge >= 0.3 is 11.9 Å². The van der Waals surface area contributed by atoms with E-state index in [1.165, 1.54) is 17.8 Å². The number of carbonyl (C=O) groups excluding carboxylic acids is 2. The van der Waals surface area contributed by atoms with Crippen LogP contribution in [0.3, 0.4) is 0 Å². The van der Waals surface area contributed by atoms with Crippen LogP contribution in [0.25, 0.3) is 11.2 Å². The molecule has 0 bridgehead atoms. The molecule has 1 amide bonds. The van der Waals surface area contributed by atoms with Crippen LogP contribution >= 0.6 is 0 Å². The number of benzene rings is 1. The molecular weight excluding hydrogens is 618 g/mol. The van der Waals surface area contributed by atoms with Crippen molar-refractivity contribution in [1.82, 2.24) is 19.5 Å². The summed E-state index contributed by atoms with van der Waals surface area (Å²) in [5.41, 5.74) is 0.479. The summed E-state index contributed by atoms with van der Waals surface area (Å²) in [6.07, 6.45) is -2.07. The van der Waals surface area contributed by atoms with Crippen molar-refractivity contribution < 1.29 is 47.9 Å². The third-order valence-electron chi connectivity index (χ3n) is 7.19. The number of carbonyl (C=O) groups is 3. The van der Waals surface area contributed by atoms with Gasteiger partial charge in [-0.15, -0.1) is 0 Å². The number of carboxylic acid groups (broad SMARTS) is 1. The minimum atomic E-state index is -1.13. The van der Waals surface area contributed by atoms with E-state index < -0.39 is 41.9 Å². The zero-order valence-electron chi connectivity index (χ0n) is 26.6. The first-order valence-electron chi connectivity index (χ1n) is 15.3. The van der Waals surface area contributed by atoms with Crippen LogP contribution in [0.4, 0.5) is 5.95 Å². The van der Waals surface area contributed by atoms with E-state index in [1.807, 2.05) is 30.3 Å². The zero-order valence-corrected chi connectivity index (χ0v) is 26.6. The second-order valence-corrected chi connectivity index (χ2v) is 11.1. The van der Waals surface area contributed by atoms with E-state index in [2.05, 4.69) is 20.3 Å². The smallest absolute Gasteiger partial charge is 0.303 e. The Morgan fingerprint density at radius 3 is 2.32 bits per heavy atom. The predicted molar refractivity (Wildman–Crippen MR) is 165 cm³/mol. The van der Waals surface area contributed by atoms with Gasteiger partial charge in [-0.1, -0.05) is 44.2 Å². The number of hydrogen-bond donors (Lipinski definition) is 3. The summed E-state index contributed by atoms with van der Waals surface area (Å²) in [7, 11) is 0. The average molecular weight is 660 g/mol. The largest absolute Gasteiger partial charge is 0.481 e. The van der Waals surface area contributed by atoms with Crippen molar-refractivity contribution in [3.05, 3.63) is 52.6 Å². The third-order valence-corrected chi connectivity index (χ3v) is 7.19. The number of amides is 1. The summed E-state index contributed by atoms with van der Waals surface area (Å²) < 4.78 is 35.5. The van der Waals surface area contributed by atoms with Crippen molar-refractivity contribution in [3.8, 4) is 0 Å². The van der Waals surface area contributed by atoms with E-state index in [0.717, 1.165) is 5.56 Å². The maximum absolute atomic E-state index is 12.7. The van der Waals surface area contributed by atoms with Crippen LogP contribution in [-0.4, -0.2) is 101 Å². The van der Waals surface area contributed by atoms with Crippen molar-refractivity contribution in [2.75, 3.05) is 51.6 Å². The molecule has 2 aromatic heterocycles. The molecule has 16 nitrogen and oxygen atoms in total. The molecule has 0 aliphatic carbocycles. The molecule has 0 unspecified atom stereocenters. The molecule has 3 N–H and O–H groups in total. The topological polar surface area (TPSA) is 202 Å². The van der Waals surface area contributed by atoms with Gasteiger partial charge in [-0.2, -0.15) is 4.98 Å². The first-order chi connectivity index (χ1) is 22.6. The first kappa shape index (κ1) is 35.6. The number of aromatic nitrogens is 4. The fourth-order valence-electron chi connectivity index (χ4n) is 4.91.